The topological polar surface area (TPSA) is 20.2 Å². The molecule has 1 N–H and O–H groups in total. The molecule has 0 saturated carbocycles. The molecule has 0 aliphatic heterocycles. The Hall–Kier alpha value is -0.550. The fourth-order valence-corrected chi connectivity index (χ4v) is 2.32. The van der Waals surface area contributed by atoms with E-state index in [1.807, 2.05) is 6.92 Å². The van der Waals surface area contributed by atoms with Gasteiger partial charge in [0.25, 0.3) is 0 Å². The third-order valence-electron chi connectivity index (χ3n) is 2.89. The highest BCUT2D eigenvalue weighted by Gasteiger charge is 2.53. The molecule has 1 atom stereocenters. The van der Waals surface area contributed by atoms with Gasteiger partial charge in [0.1, 0.15) is 0 Å². The Bertz CT molecular complexity index is 403. The van der Waals surface area contributed by atoms with E-state index in [0.717, 1.165) is 12.0 Å². The van der Waals surface area contributed by atoms with Crippen LogP contribution in [0.25, 0.3) is 0 Å². The minimum atomic E-state index is -4.67. The molecule has 0 amide bonds. The number of hydrogen-bond acceptors (Lipinski definition) is 1. The van der Waals surface area contributed by atoms with Crippen molar-refractivity contribution in [3.63, 3.8) is 0 Å². The maximum atomic E-state index is 12.8. The highest BCUT2D eigenvalue weighted by atomic mass is 79.9. The van der Waals surface area contributed by atoms with Crippen LogP contribution in [0, 0.1) is 0 Å². The van der Waals surface area contributed by atoms with Crippen LogP contribution in [0.3, 0.4) is 0 Å². The van der Waals surface area contributed by atoms with Gasteiger partial charge in [-0.05, 0) is 30.0 Å². The van der Waals surface area contributed by atoms with E-state index in [-0.39, 0.29) is 5.56 Å². The molecule has 0 aromatic heterocycles. The second-order valence-corrected chi connectivity index (χ2v) is 4.73. The van der Waals surface area contributed by atoms with Crippen molar-refractivity contribution in [3.8, 4) is 0 Å². The molecule has 0 aliphatic rings. The van der Waals surface area contributed by atoms with Crippen molar-refractivity contribution in [2.75, 3.05) is 0 Å². The Morgan fingerprint density at radius 1 is 1.24 bits per heavy atom. The summed E-state index contributed by atoms with van der Waals surface area (Å²) in [5, 5.41) is 9.77. The molecule has 1 aromatic rings. The van der Waals surface area contributed by atoms with Crippen molar-refractivity contribution in [3.05, 3.63) is 33.8 Å². The smallest absolute Gasteiger partial charge is 0.376 e. The van der Waals surface area contributed by atoms with Crippen LogP contribution in [-0.2, 0) is 12.0 Å². The summed E-state index contributed by atoms with van der Waals surface area (Å²) in [7, 11) is 0. The number of rotatable bonds is 3. The average Bonchev–Trinajstić information content (AvgIpc) is 2.26. The van der Waals surface area contributed by atoms with E-state index < -0.39 is 18.2 Å². The van der Waals surface area contributed by atoms with E-state index in [2.05, 4.69) is 15.9 Å². The van der Waals surface area contributed by atoms with Crippen LogP contribution in [0.2, 0.25) is 0 Å². The van der Waals surface area contributed by atoms with Crippen LogP contribution in [-0.4, -0.2) is 11.3 Å². The lowest BCUT2D eigenvalue weighted by atomic mass is 9.89. The zero-order valence-electron chi connectivity index (χ0n) is 9.61. The number of aliphatic hydroxyl groups is 1. The quantitative estimate of drug-likeness (QED) is 0.888. The highest BCUT2D eigenvalue weighted by Crippen LogP contribution is 2.42. The monoisotopic (exact) mass is 310 g/mol. The summed E-state index contributed by atoms with van der Waals surface area (Å²) in [5.74, 6) is 0. The predicted molar refractivity (Wildman–Crippen MR) is 63.8 cm³/mol. The normalized spacial score (nSPS) is 15.7. The maximum absolute atomic E-state index is 12.8. The number of halogens is 4. The third kappa shape index (κ3) is 2.65. The van der Waals surface area contributed by atoms with E-state index in [1.54, 1.807) is 6.07 Å². The summed E-state index contributed by atoms with van der Waals surface area (Å²) in [4.78, 5) is 0. The van der Waals surface area contributed by atoms with E-state index >= 15 is 0 Å². The van der Waals surface area contributed by atoms with Gasteiger partial charge in [0.15, 0.2) is 5.60 Å². The van der Waals surface area contributed by atoms with Gasteiger partial charge in [-0.25, -0.2) is 0 Å². The minimum Gasteiger partial charge on any atom is -0.376 e. The first kappa shape index (κ1) is 14.5. The van der Waals surface area contributed by atoms with Crippen molar-refractivity contribution in [1.82, 2.24) is 0 Å². The molecule has 17 heavy (non-hydrogen) atoms. The van der Waals surface area contributed by atoms with E-state index in [0.29, 0.717) is 4.47 Å². The molecule has 5 heteroatoms. The Balaban J connectivity index is 3.27. The zero-order chi connectivity index (χ0) is 13.3. The molecule has 1 unspecified atom stereocenters. The third-order valence-corrected chi connectivity index (χ3v) is 3.63. The molecule has 0 bridgehead atoms. The standard InChI is InChI=1S/C12H14BrF3O/c1-3-8-5-6-9(7-10(8)13)11(17,4-2)12(14,15)16/h5-7,17H,3-4H2,1-2H3. The summed E-state index contributed by atoms with van der Waals surface area (Å²) >= 11 is 3.22. The van der Waals surface area contributed by atoms with Gasteiger partial charge < -0.3 is 5.11 Å². The number of aryl methyl sites for hydroxylation is 1. The second-order valence-electron chi connectivity index (χ2n) is 3.87. The van der Waals surface area contributed by atoms with Crippen LogP contribution in [0.1, 0.15) is 31.4 Å². The molecule has 0 saturated heterocycles. The fraction of sp³-hybridized carbons (Fsp3) is 0.500. The van der Waals surface area contributed by atoms with Crippen molar-refractivity contribution < 1.29 is 18.3 Å². The summed E-state index contributed by atoms with van der Waals surface area (Å²) in [5.41, 5.74) is -1.99. The number of alkyl halides is 3. The van der Waals surface area contributed by atoms with Gasteiger partial charge in [-0.3, -0.25) is 0 Å². The van der Waals surface area contributed by atoms with Crippen molar-refractivity contribution in [1.29, 1.82) is 0 Å². The van der Waals surface area contributed by atoms with Crippen molar-refractivity contribution in [2.45, 2.75) is 38.5 Å². The molecule has 1 aromatic carbocycles. The number of benzene rings is 1. The van der Waals surface area contributed by atoms with E-state index in [1.165, 1.54) is 19.1 Å². The minimum absolute atomic E-state index is 0.128. The maximum Gasteiger partial charge on any atom is 0.421 e. The molecule has 0 radical (unpaired) electrons. The fourth-order valence-electron chi connectivity index (χ4n) is 1.66. The molecular formula is C12H14BrF3O. The molecule has 0 aliphatic carbocycles. The van der Waals surface area contributed by atoms with Crippen LogP contribution >= 0.6 is 15.9 Å². The first-order chi connectivity index (χ1) is 7.76. The molecule has 1 nitrogen and oxygen atoms in total. The van der Waals surface area contributed by atoms with Gasteiger partial charge in [-0.1, -0.05) is 41.9 Å². The highest BCUT2D eigenvalue weighted by molar-refractivity contribution is 9.10. The van der Waals surface area contributed by atoms with Gasteiger partial charge in [0.2, 0.25) is 0 Å². The molecular weight excluding hydrogens is 297 g/mol. The van der Waals surface area contributed by atoms with Crippen molar-refractivity contribution in [2.24, 2.45) is 0 Å². The Morgan fingerprint density at radius 2 is 1.82 bits per heavy atom. The zero-order valence-corrected chi connectivity index (χ0v) is 11.2. The predicted octanol–water partition coefficient (Wildman–Crippen LogP) is 4.17. The molecule has 0 fully saturated rings. The SMILES string of the molecule is CCc1ccc(C(O)(CC)C(F)(F)F)cc1Br. The largest absolute Gasteiger partial charge is 0.421 e. The molecule has 1 rings (SSSR count). The van der Waals surface area contributed by atoms with Crippen LogP contribution in [0.5, 0.6) is 0 Å². The second kappa shape index (κ2) is 4.98. The first-order valence-electron chi connectivity index (χ1n) is 5.34. The van der Waals surface area contributed by atoms with Gasteiger partial charge in [0, 0.05) is 4.47 Å². The van der Waals surface area contributed by atoms with Gasteiger partial charge in [-0.2, -0.15) is 13.2 Å². The van der Waals surface area contributed by atoms with Crippen molar-refractivity contribution >= 4 is 15.9 Å². The van der Waals surface area contributed by atoms with Crippen LogP contribution in [0.4, 0.5) is 13.2 Å². The Labute approximate surface area is 107 Å². The van der Waals surface area contributed by atoms with Gasteiger partial charge >= 0.3 is 6.18 Å². The lowest BCUT2D eigenvalue weighted by molar-refractivity contribution is -0.267. The van der Waals surface area contributed by atoms with Gasteiger partial charge in [0.05, 0.1) is 0 Å². The summed E-state index contributed by atoms with van der Waals surface area (Å²) in [6, 6.07) is 4.28. The molecule has 0 spiro atoms. The molecule has 96 valence electrons. The average molecular weight is 311 g/mol. The van der Waals surface area contributed by atoms with E-state index in [4.69, 9.17) is 0 Å². The number of hydrogen-bond donors (Lipinski definition) is 1. The lowest BCUT2D eigenvalue weighted by Gasteiger charge is -2.30. The first-order valence-corrected chi connectivity index (χ1v) is 6.13. The Morgan fingerprint density at radius 3 is 2.18 bits per heavy atom. The summed E-state index contributed by atoms with van der Waals surface area (Å²) in [6.45, 7) is 3.23. The van der Waals surface area contributed by atoms with Crippen LogP contribution in [0.15, 0.2) is 22.7 Å². The summed E-state index contributed by atoms with van der Waals surface area (Å²) in [6.07, 6.45) is -4.36. The van der Waals surface area contributed by atoms with Gasteiger partial charge in [-0.15, -0.1) is 0 Å². The summed E-state index contributed by atoms with van der Waals surface area (Å²) < 4.78 is 39.1. The van der Waals surface area contributed by atoms with Crippen LogP contribution < -0.4 is 0 Å². The molecule has 0 heterocycles. The Kier molecular flexibility index (Phi) is 4.25. The van der Waals surface area contributed by atoms with E-state index in [9.17, 15) is 18.3 Å². The lowest BCUT2D eigenvalue weighted by Crippen LogP contribution is -2.41.